The number of nitrogens with zero attached hydrogens (tertiary/aromatic N) is 2. The number of carboxylic acids is 1. The van der Waals surface area contributed by atoms with Crippen LogP contribution in [0.1, 0.15) is 17.5 Å². The fourth-order valence-corrected chi connectivity index (χ4v) is 1.63. The van der Waals surface area contributed by atoms with Crippen molar-refractivity contribution >= 4 is 5.97 Å². The number of aromatic nitrogens is 2. The summed E-state index contributed by atoms with van der Waals surface area (Å²) in [4.78, 5) is 14.6. The largest absolute Gasteiger partial charge is 0.480 e. The molecule has 1 aromatic heterocycles. The highest BCUT2D eigenvalue weighted by Crippen LogP contribution is 2.19. The molecule has 1 aromatic carbocycles. The first-order valence-electron chi connectivity index (χ1n) is 5.14. The molecule has 0 bridgehead atoms. The molecule has 5 nitrogen and oxygen atoms in total. The number of hydrogen-bond donors (Lipinski definition) is 2. The van der Waals surface area contributed by atoms with Gasteiger partial charge in [-0.1, -0.05) is 30.3 Å². The second-order valence-corrected chi connectivity index (χ2v) is 3.62. The molecule has 0 aliphatic rings. The predicted octanol–water partition coefficient (Wildman–Crippen LogP) is 1.05. The van der Waals surface area contributed by atoms with Crippen LogP contribution in [0.3, 0.4) is 0 Å². The van der Waals surface area contributed by atoms with Crippen molar-refractivity contribution in [3.63, 3.8) is 0 Å². The molecule has 17 heavy (non-hydrogen) atoms. The van der Waals surface area contributed by atoms with Gasteiger partial charge in [-0.25, -0.2) is 4.98 Å². The van der Waals surface area contributed by atoms with Crippen LogP contribution in [0.4, 0.5) is 0 Å². The van der Waals surface area contributed by atoms with Crippen molar-refractivity contribution in [1.82, 2.24) is 9.55 Å². The number of hydrogen-bond acceptors (Lipinski definition) is 3. The average molecular weight is 232 g/mol. The van der Waals surface area contributed by atoms with Crippen molar-refractivity contribution in [3.8, 4) is 0 Å². The lowest BCUT2D eigenvalue weighted by atomic mass is 10.1. The van der Waals surface area contributed by atoms with Gasteiger partial charge in [-0.15, -0.1) is 0 Å². The van der Waals surface area contributed by atoms with Crippen molar-refractivity contribution in [1.29, 1.82) is 0 Å². The number of carboxylic acid groups (broad SMARTS) is 1. The van der Waals surface area contributed by atoms with Crippen molar-refractivity contribution in [2.24, 2.45) is 0 Å². The number of aliphatic carboxylic acids is 1. The monoisotopic (exact) mass is 232 g/mol. The van der Waals surface area contributed by atoms with Crippen LogP contribution in [0.15, 0.2) is 42.7 Å². The van der Waals surface area contributed by atoms with Crippen LogP contribution in [0.25, 0.3) is 0 Å². The molecule has 0 amide bonds. The summed E-state index contributed by atoms with van der Waals surface area (Å²) in [6, 6.07) is 9.00. The highest BCUT2D eigenvalue weighted by atomic mass is 16.4. The van der Waals surface area contributed by atoms with Gasteiger partial charge in [0.1, 0.15) is 18.5 Å². The molecule has 0 saturated heterocycles. The normalized spacial score (nSPS) is 12.3. The van der Waals surface area contributed by atoms with E-state index in [1.807, 2.05) is 18.2 Å². The number of aliphatic hydroxyl groups excluding tert-OH is 1. The lowest BCUT2D eigenvalue weighted by Gasteiger charge is -2.12. The molecule has 0 unspecified atom stereocenters. The molecule has 5 heteroatoms. The van der Waals surface area contributed by atoms with Crippen molar-refractivity contribution in [3.05, 3.63) is 54.1 Å². The van der Waals surface area contributed by atoms with Crippen LogP contribution >= 0.6 is 0 Å². The van der Waals surface area contributed by atoms with Crippen LogP contribution in [0.5, 0.6) is 0 Å². The topological polar surface area (TPSA) is 75.3 Å². The van der Waals surface area contributed by atoms with Crippen LogP contribution in [0, 0.1) is 0 Å². The van der Waals surface area contributed by atoms with Crippen LogP contribution in [-0.4, -0.2) is 25.7 Å². The molecule has 1 atom stereocenters. The first-order valence-corrected chi connectivity index (χ1v) is 5.14. The Morgan fingerprint density at radius 1 is 1.35 bits per heavy atom. The lowest BCUT2D eigenvalue weighted by Crippen LogP contribution is -2.14. The third-order valence-electron chi connectivity index (χ3n) is 2.41. The maximum Gasteiger partial charge on any atom is 0.323 e. The Hall–Kier alpha value is -2.14. The minimum absolute atomic E-state index is 0.209. The molecule has 88 valence electrons. The number of aliphatic hydroxyl groups is 1. The standard InChI is InChI=1S/C12H12N2O3/c15-10(16)8-14-7-6-13-12(14)11(17)9-4-2-1-3-5-9/h1-7,11,17H,8H2,(H,15,16)/t11-/m0/s1. The minimum atomic E-state index is -0.968. The van der Waals surface area contributed by atoms with Gasteiger partial charge in [0.2, 0.25) is 0 Å². The Morgan fingerprint density at radius 2 is 2.06 bits per heavy atom. The second kappa shape index (κ2) is 4.80. The SMILES string of the molecule is O=C(O)Cn1ccnc1[C@@H](O)c1ccccc1. The summed E-state index contributed by atoms with van der Waals surface area (Å²) >= 11 is 0. The first-order chi connectivity index (χ1) is 8.18. The molecule has 2 N–H and O–H groups in total. The maximum absolute atomic E-state index is 10.6. The van der Waals surface area contributed by atoms with Crippen LogP contribution < -0.4 is 0 Å². The highest BCUT2D eigenvalue weighted by Gasteiger charge is 2.16. The van der Waals surface area contributed by atoms with Crippen molar-refractivity contribution in [2.45, 2.75) is 12.6 Å². The van der Waals surface area contributed by atoms with E-state index in [0.29, 0.717) is 11.4 Å². The van der Waals surface area contributed by atoms with Gasteiger partial charge in [-0.05, 0) is 5.56 Å². The minimum Gasteiger partial charge on any atom is -0.480 e. The number of benzene rings is 1. The summed E-state index contributed by atoms with van der Waals surface area (Å²) in [6.45, 7) is -0.209. The van der Waals surface area contributed by atoms with E-state index >= 15 is 0 Å². The molecule has 0 radical (unpaired) electrons. The van der Waals surface area contributed by atoms with E-state index in [-0.39, 0.29) is 6.54 Å². The van der Waals surface area contributed by atoms with Gasteiger partial charge in [-0.3, -0.25) is 4.79 Å². The van der Waals surface area contributed by atoms with E-state index in [9.17, 15) is 9.90 Å². The van der Waals surface area contributed by atoms with Gasteiger partial charge in [0.15, 0.2) is 0 Å². The third-order valence-corrected chi connectivity index (χ3v) is 2.41. The summed E-state index contributed by atoms with van der Waals surface area (Å²) in [5, 5.41) is 18.8. The average Bonchev–Trinajstić information content (AvgIpc) is 2.76. The predicted molar refractivity (Wildman–Crippen MR) is 60.4 cm³/mol. The molecule has 0 aliphatic heterocycles. The molecular formula is C12H12N2O3. The molecular weight excluding hydrogens is 220 g/mol. The van der Waals surface area contributed by atoms with Gasteiger partial charge in [0.05, 0.1) is 0 Å². The van der Waals surface area contributed by atoms with E-state index < -0.39 is 12.1 Å². The quantitative estimate of drug-likeness (QED) is 0.826. The van der Waals surface area contributed by atoms with E-state index in [1.165, 1.54) is 17.0 Å². The zero-order valence-corrected chi connectivity index (χ0v) is 9.02. The lowest BCUT2D eigenvalue weighted by molar-refractivity contribution is -0.137. The summed E-state index contributed by atoms with van der Waals surface area (Å²) in [5.74, 6) is -0.636. The van der Waals surface area contributed by atoms with Gasteiger partial charge in [0.25, 0.3) is 0 Å². The zero-order chi connectivity index (χ0) is 12.3. The second-order valence-electron chi connectivity index (χ2n) is 3.62. The molecule has 0 spiro atoms. The molecule has 0 saturated carbocycles. The third kappa shape index (κ3) is 2.51. The summed E-state index contributed by atoms with van der Waals surface area (Å²) in [5.41, 5.74) is 0.685. The highest BCUT2D eigenvalue weighted by molar-refractivity contribution is 5.66. The Balaban J connectivity index is 2.28. The fraction of sp³-hybridized carbons (Fsp3) is 0.167. The van der Waals surface area contributed by atoms with E-state index in [2.05, 4.69) is 4.98 Å². The van der Waals surface area contributed by atoms with Gasteiger partial charge < -0.3 is 14.8 Å². The Bertz CT molecular complexity index is 507. The van der Waals surface area contributed by atoms with Gasteiger partial charge >= 0.3 is 5.97 Å². The fourth-order valence-electron chi connectivity index (χ4n) is 1.63. The van der Waals surface area contributed by atoms with Crippen molar-refractivity contribution in [2.75, 3.05) is 0 Å². The van der Waals surface area contributed by atoms with Gasteiger partial charge in [-0.2, -0.15) is 0 Å². The smallest absolute Gasteiger partial charge is 0.323 e. The van der Waals surface area contributed by atoms with E-state index in [0.717, 1.165) is 0 Å². The maximum atomic E-state index is 10.6. The summed E-state index contributed by atoms with van der Waals surface area (Å²) in [6.07, 6.45) is 2.10. The van der Waals surface area contributed by atoms with Crippen LogP contribution in [0.2, 0.25) is 0 Å². The molecule has 0 aliphatic carbocycles. The molecule has 2 rings (SSSR count). The van der Waals surface area contributed by atoms with E-state index in [1.54, 1.807) is 12.1 Å². The zero-order valence-electron chi connectivity index (χ0n) is 9.02. The van der Waals surface area contributed by atoms with Crippen LogP contribution in [-0.2, 0) is 11.3 Å². The Kier molecular flexibility index (Phi) is 3.20. The molecule has 1 heterocycles. The summed E-state index contributed by atoms with van der Waals surface area (Å²) in [7, 11) is 0. The Labute approximate surface area is 98.0 Å². The number of rotatable bonds is 4. The van der Waals surface area contributed by atoms with E-state index in [4.69, 9.17) is 5.11 Å². The number of imidazole rings is 1. The Morgan fingerprint density at radius 3 is 2.71 bits per heavy atom. The van der Waals surface area contributed by atoms with Gasteiger partial charge in [0, 0.05) is 12.4 Å². The first kappa shape index (κ1) is 11.3. The van der Waals surface area contributed by atoms with Crippen molar-refractivity contribution < 1.29 is 15.0 Å². The molecule has 0 fully saturated rings. The summed E-state index contributed by atoms with van der Waals surface area (Å²) < 4.78 is 1.42. The number of carbonyl (C=O) groups is 1. The molecule has 2 aromatic rings.